The highest BCUT2D eigenvalue weighted by molar-refractivity contribution is 6.04. The number of hydrogen-bond donors (Lipinski definition) is 1. The normalized spacial score (nSPS) is 10.8. The summed E-state index contributed by atoms with van der Waals surface area (Å²) < 4.78 is 0. The predicted molar refractivity (Wildman–Crippen MR) is 148 cm³/mol. The van der Waals surface area contributed by atoms with Gasteiger partial charge >= 0.3 is 0 Å². The van der Waals surface area contributed by atoms with Crippen molar-refractivity contribution in [1.82, 2.24) is 0 Å². The highest BCUT2D eigenvalue weighted by Crippen LogP contribution is 2.21. The topological polar surface area (TPSA) is 49.4 Å². The summed E-state index contributed by atoms with van der Waals surface area (Å²) in [5, 5.41) is 2.96. The van der Waals surface area contributed by atoms with Crippen LogP contribution in [-0.2, 0) is 22.6 Å². The Morgan fingerprint density at radius 2 is 1.50 bits per heavy atom. The van der Waals surface area contributed by atoms with E-state index in [9.17, 15) is 9.59 Å². The van der Waals surface area contributed by atoms with Crippen LogP contribution in [0.1, 0.15) is 27.8 Å². The fourth-order valence-corrected chi connectivity index (χ4v) is 3.94. The first kappa shape index (κ1) is 24.7. The molecule has 0 saturated carbocycles. The molecule has 0 radical (unpaired) electrons. The Kier molecular flexibility index (Phi) is 8.09. The van der Waals surface area contributed by atoms with Gasteiger partial charge in [-0.1, -0.05) is 84.4 Å². The number of rotatable bonds is 8. The molecule has 0 aliphatic heterocycles. The number of nitrogens with one attached hydrogen (secondary N) is 1. The largest absolute Gasteiger partial charge is 0.326 e. The summed E-state index contributed by atoms with van der Waals surface area (Å²) in [5.74, 6) is -0.223. The van der Waals surface area contributed by atoms with Crippen LogP contribution in [0.5, 0.6) is 0 Å². The van der Waals surface area contributed by atoms with E-state index in [1.165, 1.54) is 5.56 Å². The Hall–Kier alpha value is -4.44. The Balaban J connectivity index is 1.55. The summed E-state index contributed by atoms with van der Waals surface area (Å²) >= 11 is 0. The second kappa shape index (κ2) is 11.8. The number of hydrogen-bond acceptors (Lipinski definition) is 2. The first-order valence-electron chi connectivity index (χ1n) is 12.0. The quantitative estimate of drug-likeness (QED) is 0.288. The Bertz CT molecular complexity index is 1360. The predicted octanol–water partition coefficient (Wildman–Crippen LogP) is 6.73. The molecule has 0 bridgehead atoms. The van der Waals surface area contributed by atoms with E-state index in [1.54, 1.807) is 11.0 Å². The summed E-state index contributed by atoms with van der Waals surface area (Å²) in [6.45, 7) is 4.46. The van der Waals surface area contributed by atoms with Crippen molar-refractivity contribution >= 4 is 29.3 Å². The minimum Gasteiger partial charge on any atom is -0.326 e. The van der Waals surface area contributed by atoms with Gasteiger partial charge in [0.1, 0.15) is 0 Å². The monoisotopic (exact) mass is 474 g/mol. The molecule has 4 heteroatoms. The van der Waals surface area contributed by atoms with Crippen LogP contribution in [0.2, 0.25) is 0 Å². The molecule has 0 saturated heterocycles. The Morgan fingerprint density at radius 1 is 0.750 bits per heavy atom. The van der Waals surface area contributed by atoms with Crippen LogP contribution >= 0.6 is 0 Å². The smallest absolute Gasteiger partial charge is 0.251 e. The zero-order valence-corrected chi connectivity index (χ0v) is 20.6. The average Bonchev–Trinajstić information content (AvgIpc) is 2.87. The lowest BCUT2D eigenvalue weighted by Gasteiger charge is -2.22. The average molecular weight is 475 g/mol. The molecule has 36 heavy (non-hydrogen) atoms. The lowest BCUT2D eigenvalue weighted by Crippen LogP contribution is -2.29. The van der Waals surface area contributed by atoms with E-state index < -0.39 is 0 Å². The minimum atomic E-state index is -0.124. The molecule has 4 nitrogen and oxygen atoms in total. The lowest BCUT2D eigenvalue weighted by atomic mass is 10.1. The molecule has 0 spiro atoms. The third-order valence-electron chi connectivity index (χ3n) is 5.83. The van der Waals surface area contributed by atoms with Crippen LogP contribution in [0.25, 0.3) is 6.08 Å². The Labute approximate surface area is 212 Å². The zero-order chi connectivity index (χ0) is 25.3. The lowest BCUT2D eigenvalue weighted by molar-refractivity contribution is -0.115. The van der Waals surface area contributed by atoms with E-state index in [1.807, 2.05) is 123 Å². The third kappa shape index (κ3) is 7.03. The molecular formula is C32H30N2O2. The molecule has 0 aliphatic rings. The second-order valence-corrected chi connectivity index (χ2v) is 8.92. The number of benzene rings is 4. The van der Waals surface area contributed by atoms with Crippen LogP contribution in [-0.4, -0.2) is 11.8 Å². The molecule has 2 amide bonds. The van der Waals surface area contributed by atoms with Crippen molar-refractivity contribution in [1.29, 1.82) is 0 Å². The van der Waals surface area contributed by atoms with Crippen molar-refractivity contribution in [3.05, 3.63) is 137 Å². The molecule has 0 aromatic heterocycles. The van der Waals surface area contributed by atoms with Crippen LogP contribution in [0, 0.1) is 13.8 Å². The molecular weight excluding hydrogens is 444 g/mol. The van der Waals surface area contributed by atoms with Crippen molar-refractivity contribution in [3.63, 3.8) is 0 Å². The maximum absolute atomic E-state index is 13.4. The first-order chi connectivity index (χ1) is 17.5. The summed E-state index contributed by atoms with van der Waals surface area (Å²) in [6.07, 6.45) is 3.64. The molecule has 4 aromatic carbocycles. The van der Waals surface area contributed by atoms with Crippen molar-refractivity contribution in [2.45, 2.75) is 26.8 Å². The van der Waals surface area contributed by atoms with Gasteiger partial charge in [-0.2, -0.15) is 0 Å². The number of carbonyl (C=O) groups excluding carboxylic acids is 2. The maximum Gasteiger partial charge on any atom is 0.251 e. The summed E-state index contributed by atoms with van der Waals surface area (Å²) in [5.41, 5.74) is 6.61. The number of carbonyl (C=O) groups is 2. The SMILES string of the molecule is Cc1ccc(CN(C(=O)C=Cc2ccccc2)c2cccc(CC(=O)Nc3cccc(C)c3)c2)cc1. The van der Waals surface area contributed by atoms with E-state index in [-0.39, 0.29) is 18.2 Å². The fourth-order valence-electron chi connectivity index (χ4n) is 3.94. The van der Waals surface area contributed by atoms with Crippen LogP contribution in [0.15, 0.2) is 109 Å². The summed E-state index contributed by atoms with van der Waals surface area (Å²) in [6, 6.07) is 33.3. The molecule has 0 heterocycles. The van der Waals surface area contributed by atoms with E-state index in [2.05, 4.69) is 5.32 Å². The van der Waals surface area contributed by atoms with Gasteiger partial charge in [-0.3, -0.25) is 9.59 Å². The number of nitrogens with zero attached hydrogens (tertiary/aromatic N) is 1. The standard InChI is InChI=1S/C32H30N2O2/c1-24-14-16-27(17-15-24)23-34(32(36)19-18-26-9-4-3-5-10-26)30-13-7-11-28(21-30)22-31(35)33-29-12-6-8-25(2)20-29/h3-21H,22-23H2,1-2H3,(H,33,35). The van der Waals surface area contributed by atoms with Crippen molar-refractivity contribution in [2.24, 2.45) is 0 Å². The van der Waals surface area contributed by atoms with Crippen LogP contribution in [0.3, 0.4) is 0 Å². The van der Waals surface area contributed by atoms with Crippen LogP contribution in [0.4, 0.5) is 11.4 Å². The van der Waals surface area contributed by atoms with Gasteiger partial charge in [0.15, 0.2) is 0 Å². The summed E-state index contributed by atoms with van der Waals surface area (Å²) in [4.78, 5) is 27.8. The fraction of sp³-hybridized carbons (Fsp3) is 0.125. The van der Waals surface area contributed by atoms with Gasteiger partial charge in [0, 0.05) is 17.5 Å². The molecule has 0 atom stereocenters. The summed E-state index contributed by atoms with van der Waals surface area (Å²) in [7, 11) is 0. The molecule has 4 aromatic rings. The molecule has 4 rings (SSSR count). The van der Waals surface area contributed by atoms with E-state index in [0.717, 1.165) is 33.6 Å². The van der Waals surface area contributed by atoms with Gasteiger partial charge in [-0.05, 0) is 66.4 Å². The minimum absolute atomic E-state index is 0.0989. The van der Waals surface area contributed by atoms with Gasteiger partial charge in [0.05, 0.1) is 13.0 Å². The molecule has 1 N–H and O–H groups in total. The number of amides is 2. The van der Waals surface area contributed by atoms with Crippen molar-refractivity contribution in [2.75, 3.05) is 10.2 Å². The first-order valence-corrected chi connectivity index (χ1v) is 12.0. The molecule has 180 valence electrons. The molecule has 0 unspecified atom stereocenters. The van der Waals surface area contributed by atoms with Gasteiger partial charge < -0.3 is 10.2 Å². The third-order valence-corrected chi connectivity index (χ3v) is 5.83. The second-order valence-electron chi connectivity index (χ2n) is 8.92. The molecule has 0 aliphatic carbocycles. The van der Waals surface area contributed by atoms with E-state index in [0.29, 0.717) is 6.54 Å². The van der Waals surface area contributed by atoms with Crippen LogP contribution < -0.4 is 10.2 Å². The van der Waals surface area contributed by atoms with Gasteiger partial charge in [-0.15, -0.1) is 0 Å². The van der Waals surface area contributed by atoms with Crippen molar-refractivity contribution < 1.29 is 9.59 Å². The highest BCUT2D eigenvalue weighted by atomic mass is 16.2. The van der Waals surface area contributed by atoms with Gasteiger partial charge in [0.25, 0.3) is 5.91 Å². The van der Waals surface area contributed by atoms with E-state index >= 15 is 0 Å². The highest BCUT2D eigenvalue weighted by Gasteiger charge is 2.15. The Morgan fingerprint density at radius 3 is 2.25 bits per heavy atom. The van der Waals surface area contributed by atoms with Gasteiger partial charge in [-0.25, -0.2) is 0 Å². The van der Waals surface area contributed by atoms with Crippen molar-refractivity contribution in [3.8, 4) is 0 Å². The zero-order valence-electron chi connectivity index (χ0n) is 20.6. The number of aryl methyl sites for hydroxylation is 2. The number of anilines is 2. The molecule has 0 fully saturated rings. The maximum atomic E-state index is 13.4. The van der Waals surface area contributed by atoms with Gasteiger partial charge in [0.2, 0.25) is 5.91 Å². The van der Waals surface area contributed by atoms with E-state index in [4.69, 9.17) is 0 Å².